The fourth-order valence-corrected chi connectivity index (χ4v) is 7.45. The molecule has 0 aromatic heterocycles. The third-order valence-electron chi connectivity index (χ3n) is 11.5. The van der Waals surface area contributed by atoms with Crippen LogP contribution >= 0.6 is 0 Å². The molecule has 0 aromatic carbocycles. The molecule has 0 aliphatic rings. The predicted molar refractivity (Wildman–Crippen MR) is 282 cm³/mol. The fourth-order valence-electron chi connectivity index (χ4n) is 7.45. The molecule has 0 saturated heterocycles. The minimum Gasteiger partial charge on any atom is -0.462 e. The van der Waals surface area contributed by atoms with Crippen LogP contribution in [0.4, 0.5) is 0 Å². The van der Waals surface area contributed by atoms with Crippen molar-refractivity contribution in [3.63, 3.8) is 0 Å². The third kappa shape index (κ3) is 46.8. The summed E-state index contributed by atoms with van der Waals surface area (Å²) in [5.41, 5.74) is 0. The lowest BCUT2D eigenvalue weighted by atomic mass is 10.0. The molecule has 6 nitrogen and oxygen atoms in total. The summed E-state index contributed by atoms with van der Waals surface area (Å²) in [6.07, 6.45) is 70.1. The summed E-state index contributed by atoms with van der Waals surface area (Å²) in [7, 11) is 0. The molecule has 1 amide bonds. The summed E-state index contributed by atoms with van der Waals surface area (Å²) in [6, 6.07) is -0.741. The maximum atomic E-state index is 13.2. The molecule has 370 valence electrons. The molecule has 0 aliphatic heterocycles. The zero-order valence-corrected chi connectivity index (χ0v) is 42.1. The maximum absolute atomic E-state index is 13.2. The SMILES string of the molecule is CC/C=C/C=C/C=C\C=C/C=C/CCCC(=O)OC(CCC/C=C\C/C=C\C/C=C\C/C=C\CCCCC)CC(=O)NC(CO)C(O)CCCCCCCCCCCCCCCCCC. The molecule has 0 rings (SSSR count). The van der Waals surface area contributed by atoms with Crippen LogP contribution in [0, 0.1) is 0 Å². The lowest BCUT2D eigenvalue weighted by Crippen LogP contribution is -2.46. The van der Waals surface area contributed by atoms with E-state index in [0.29, 0.717) is 19.3 Å². The number of carbonyl (C=O) groups excluding carboxylic acids is 2. The van der Waals surface area contributed by atoms with E-state index in [-0.39, 0.29) is 31.3 Å². The number of hydrogen-bond acceptors (Lipinski definition) is 5. The number of nitrogens with one attached hydrogen (secondary N) is 1. The number of aliphatic hydroxyl groups excluding tert-OH is 2. The van der Waals surface area contributed by atoms with Crippen molar-refractivity contribution >= 4 is 11.9 Å². The van der Waals surface area contributed by atoms with E-state index in [1.165, 1.54) is 109 Å². The molecule has 3 atom stereocenters. The number of ether oxygens (including phenoxy) is 1. The van der Waals surface area contributed by atoms with Crippen molar-refractivity contribution in [2.24, 2.45) is 0 Å². The van der Waals surface area contributed by atoms with Gasteiger partial charge in [0.05, 0.1) is 25.2 Å². The lowest BCUT2D eigenvalue weighted by molar-refractivity contribution is -0.151. The van der Waals surface area contributed by atoms with Gasteiger partial charge in [0.25, 0.3) is 0 Å². The highest BCUT2D eigenvalue weighted by molar-refractivity contribution is 5.77. The van der Waals surface area contributed by atoms with Crippen LogP contribution < -0.4 is 5.32 Å². The van der Waals surface area contributed by atoms with Gasteiger partial charge in [0.2, 0.25) is 5.91 Å². The van der Waals surface area contributed by atoms with Crippen LogP contribution in [-0.2, 0) is 14.3 Å². The normalized spacial score (nSPS) is 14.1. The molecule has 0 saturated carbocycles. The van der Waals surface area contributed by atoms with Crippen molar-refractivity contribution in [1.29, 1.82) is 0 Å². The number of rotatable bonds is 46. The number of hydrogen-bond donors (Lipinski definition) is 3. The molecule has 0 spiro atoms. The smallest absolute Gasteiger partial charge is 0.306 e. The van der Waals surface area contributed by atoms with Crippen LogP contribution in [0.5, 0.6) is 0 Å². The minimum atomic E-state index is -0.821. The Balaban J connectivity index is 4.76. The molecule has 0 radical (unpaired) electrons. The largest absolute Gasteiger partial charge is 0.462 e. The van der Waals surface area contributed by atoms with Crippen LogP contribution in [0.3, 0.4) is 0 Å². The number of carbonyl (C=O) groups is 2. The molecular weight excluding hydrogens is 803 g/mol. The monoisotopic (exact) mass is 902 g/mol. The molecular formula is C59H99NO5. The standard InChI is InChI=1S/C59H99NO5/c1-4-7-10-13-16-19-22-25-27-29-30-33-35-38-41-44-47-50-55(65-59(64)52-49-46-43-40-37-32-24-21-18-15-12-9-6-3)53-58(63)60-56(54-61)57(62)51-48-45-42-39-36-34-31-28-26-23-20-17-14-11-8-5-2/h9,12,15-16,18-19,21,24-25,27,30,32-33,37-38,40-41,43,55-57,61-62H,4-8,10-11,13-14,17,20,22-23,26,28-29,31,34-36,39,42,44-54H2,1-3H3,(H,60,63)/b12-9+,18-15+,19-16-,24-21-,27-25-,33-30-,37-32-,41-38-,43-40+. The van der Waals surface area contributed by atoms with Crippen molar-refractivity contribution in [2.75, 3.05) is 6.61 Å². The van der Waals surface area contributed by atoms with Gasteiger partial charge in [-0.25, -0.2) is 0 Å². The second-order valence-corrected chi connectivity index (χ2v) is 17.7. The minimum absolute atomic E-state index is 0.00488. The number of allylic oxidation sites excluding steroid dienone is 18. The summed E-state index contributed by atoms with van der Waals surface area (Å²) >= 11 is 0. The first-order valence-corrected chi connectivity index (χ1v) is 26.7. The van der Waals surface area contributed by atoms with Crippen molar-refractivity contribution < 1.29 is 24.5 Å². The van der Waals surface area contributed by atoms with Gasteiger partial charge in [0, 0.05) is 6.42 Å². The third-order valence-corrected chi connectivity index (χ3v) is 11.5. The van der Waals surface area contributed by atoms with Gasteiger partial charge in [0.15, 0.2) is 0 Å². The molecule has 0 fully saturated rings. The van der Waals surface area contributed by atoms with E-state index in [0.717, 1.165) is 64.2 Å². The number of aliphatic hydroxyl groups is 2. The van der Waals surface area contributed by atoms with Gasteiger partial charge in [-0.1, -0.05) is 246 Å². The van der Waals surface area contributed by atoms with E-state index >= 15 is 0 Å². The average Bonchev–Trinajstić information content (AvgIpc) is 3.30. The number of esters is 1. The van der Waals surface area contributed by atoms with Crippen molar-refractivity contribution in [3.8, 4) is 0 Å². The van der Waals surface area contributed by atoms with E-state index in [1.54, 1.807) is 0 Å². The molecule has 0 aliphatic carbocycles. The lowest BCUT2D eigenvalue weighted by Gasteiger charge is -2.24. The van der Waals surface area contributed by atoms with Crippen LogP contribution in [-0.4, -0.2) is 46.9 Å². The number of unbranched alkanes of at least 4 members (excludes halogenated alkanes) is 20. The molecule has 3 unspecified atom stereocenters. The molecule has 65 heavy (non-hydrogen) atoms. The van der Waals surface area contributed by atoms with E-state index in [4.69, 9.17) is 4.74 Å². The average molecular weight is 902 g/mol. The Morgan fingerprint density at radius 2 is 0.908 bits per heavy atom. The van der Waals surface area contributed by atoms with Gasteiger partial charge < -0.3 is 20.3 Å². The van der Waals surface area contributed by atoms with Gasteiger partial charge in [-0.2, -0.15) is 0 Å². The van der Waals surface area contributed by atoms with Crippen LogP contribution in [0.1, 0.15) is 226 Å². The highest BCUT2D eigenvalue weighted by Crippen LogP contribution is 2.17. The summed E-state index contributed by atoms with van der Waals surface area (Å²) in [5.74, 6) is -0.624. The van der Waals surface area contributed by atoms with Gasteiger partial charge in [0.1, 0.15) is 6.10 Å². The van der Waals surface area contributed by atoms with Crippen LogP contribution in [0.25, 0.3) is 0 Å². The van der Waals surface area contributed by atoms with E-state index in [9.17, 15) is 19.8 Å². The Morgan fingerprint density at radius 1 is 0.477 bits per heavy atom. The molecule has 0 heterocycles. The first-order chi connectivity index (χ1) is 32.0. The highest BCUT2D eigenvalue weighted by Gasteiger charge is 2.24. The van der Waals surface area contributed by atoms with Crippen molar-refractivity contribution in [3.05, 3.63) is 109 Å². The second kappa shape index (κ2) is 51.5. The van der Waals surface area contributed by atoms with E-state index in [2.05, 4.69) is 80.8 Å². The summed E-state index contributed by atoms with van der Waals surface area (Å²) in [4.78, 5) is 26.1. The van der Waals surface area contributed by atoms with Gasteiger partial charge in [-0.3, -0.25) is 9.59 Å². The Morgan fingerprint density at radius 3 is 1.42 bits per heavy atom. The summed E-state index contributed by atoms with van der Waals surface area (Å²) in [5, 5.41) is 23.8. The summed E-state index contributed by atoms with van der Waals surface area (Å²) < 4.78 is 5.87. The van der Waals surface area contributed by atoms with E-state index < -0.39 is 18.2 Å². The Labute approximate surface area is 400 Å². The van der Waals surface area contributed by atoms with Crippen molar-refractivity contribution in [2.45, 2.75) is 244 Å². The van der Waals surface area contributed by atoms with Crippen LogP contribution in [0.15, 0.2) is 109 Å². The molecule has 0 bridgehead atoms. The zero-order chi connectivity index (χ0) is 47.4. The topological polar surface area (TPSA) is 95.9 Å². The maximum Gasteiger partial charge on any atom is 0.306 e. The van der Waals surface area contributed by atoms with Gasteiger partial charge in [-0.15, -0.1) is 0 Å². The zero-order valence-electron chi connectivity index (χ0n) is 42.1. The molecule has 6 heteroatoms. The van der Waals surface area contributed by atoms with Gasteiger partial charge in [-0.05, 0) is 77.0 Å². The quantitative estimate of drug-likeness (QED) is 0.0245. The molecule has 3 N–H and O–H groups in total. The number of amides is 1. The van der Waals surface area contributed by atoms with Crippen molar-refractivity contribution in [1.82, 2.24) is 5.32 Å². The van der Waals surface area contributed by atoms with Gasteiger partial charge >= 0.3 is 5.97 Å². The Bertz CT molecular complexity index is 1330. The Kier molecular flexibility index (Phi) is 48.7. The Hall–Kier alpha value is -3.48. The first-order valence-electron chi connectivity index (χ1n) is 26.7. The van der Waals surface area contributed by atoms with Crippen LogP contribution in [0.2, 0.25) is 0 Å². The fraction of sp³-hybridized carbons (Fsp3) is 0.661. The first kappa shape index (κ1) is 61.5. The van der Waals surface area contributed by atoms with E-state index in [1.807, 2.05) is 54.7 Å². The second-order valence-electron chi connectivity index (χ2n) is 17.7. The highest BCUT2D eigenvalue weighted by atomic mass is 16.5. The summed E-state index contributed by atoms with van der Waals surface area (Å²) in [6.45, 7) is 6.28. The molecule has 0 aromatic rings. The predicted octanol–water partition coefficient (Wildman–Crippen LogP) is 16.3.